The van der Waals surface area contributed by atoms with E-state index in [0.29, 0.717) is 27.0 Å². The third-order valence-corrected chi connectivity index (χ3v) is 5.18. The van der Waals surface area contributed by atoms with Gasteiger partial charge in [0.2, 0.25) is 0 Å². The van der Waals surface area contributed by atoms with Crippen LogP contribution in [0, 0.1) is 0 Å². The van der Waals surface area contributed by atoms with E-state index in [4.69, 9.17) is 4.74 Å². The van der Waals surface area contributed by atoms with Gasteiger partial charge in [0.25, 0.3) is 11.8 Å². The highest BCUT2D eigenvalue weighted by atomic mass is 79.9. The molecular formula is C23H21BrN2O3. The molecule has 5 nitrogen and oxygen atoms in total. The van der Waals surface area contributed by atoms with Gasteiger partial charge in [0.1, 0.15) is 5.75 Å². The molecule has 0 aliphatic carbocycles. The zero-order chi connectivity index (χ0) is 20.8. The molecule has 0 saturated carbocycles. The summed E-state index contributed by atoms with van der Waals surface area (Å²) in [6.07, 6.45) is 0. The van der Waals surface area contributed by atoms with Gasteiger partial charge in [-0.15, -0.1) is 0 Å². The maximum absolute atomic E-state index is 12.8. The molecule has 1 atom stereocenters. The Morgan fingerprint density at radius 3 is 2.31 bits per heavy atom. The van der Waals surface area contributed by atoms with Gasteiger partial charge < -0.3 is 15.4 Å². The zero-order valence-electron chi connectivity index (χ0n) is 16.1. The van der Waals surface area contributed by atoms with Crippen molar-refractivity contribution in [3.8, 4) is 5.75 Å². The number of rotatable bonds is 6. The molecule has 0 heterocycles. The maximum Gasteiger partial charge on any atom is 0.256 e. The third-order valence-electron chi connectivity index (χ3n) is 4.49. The first kappa shape index (κ1) is 20.6. The standard InChI is InChI=1S/C23H21BrN2O3/c1-15(16-8-4-3-5-9-16)25-22(27)18-10-6-7-11-21(18)26-23(28)19-14-17(29-2)12-13-20(19)24/h3-15H,1-2H3,(H,25,27)(H,26,28)/t15-/m1/s1. The Hall–Kier alpha value is -3.12. The lowest BCUT2D eigenvalue weighted by Gasteiger charge is -2.16. The first-order valence-corrected chi connectivity index (χ1v) is 9.88. The predicted octanol–water partition coefficient (Wildman–Crippen LogP) is 5.20. The molecule has 148 valence electrons. The first-order chi connectivity index (χ1) is 14.0. The summed E-state index contributed by atoms with van der Waals surface area (Å²) < 4.78 is 5.83. The topological polar surface area (TPSA) is 67.4 Å². The second kappa shape index (κ2) is 9.39. The molecule has 29 heavy (non-hydrogen) atoms. The van der Waals surface area contributed by atoms with Crippen molar-refractivity contribution in [1.29, 1.82) is 0 Å². The molecule has 2 amide bonds. The zero-order valence-corrected chi connectivity index (χ0v) is 17.7. The number of anilines is 1. The molecule has 0 spiro atoms. The van der Waals surface area contributed by atoms with Gasteiger partial charge in [-0.1, -0.05) is 42.5 Å². The number of amides is 2. The molecule has 3 aromatic carbocycles. The minimum Gasteiger partial charge on any atom is -0.497 e. The Kier molecular flexibility index (Phi) is 6.67. The highest BCUT2D eigenvalue weighted by molar-refractivity contribution is 9.10. The van der Waals surface area contributed by atoms with Gasteiger partial charge in [0.05, 0.1) is 30.0 Å². The number of methoxy groups -OCH3 is 1. The summed E-state index contributed by atoms with van der Waals surface area (Å²) >= 11 is 3.38. The van der Waals surface area contributed by atoms with Gasteiger partial charge in [-0.05, 0) is 58.7 Å². The van der Waals surface area contributed by atoms with Crippen molar-refractivity contribution in [2.45, 2.75) is 13.0 Å². The van der Waals surface area contributed by atoms with E-state index in [1.54, 1.807) is 49.6 Å². The minimum absolute atomic E-state index is 0.167. The van der Waals surface area contributed by atoms with E-state index in [2.05, 4.69) is 26.6 Å². The van der Waals surface area contributed by atoms with Crippen LogP contribution in [0.15, 0.2) is 77.3 Å². The molecule has 6 heteroatoms. The fraction of sp³-hybridized carbons (Fsp3) is 0.130. The summed E-state index contributed by atoms with van der Waals surface area (Å²) in [6, 6.07) is 21.6. The third kappa shape index (κ3) is 5.03. The van der Waals surface area contributed by atoms with Crippen LogP contribution >= 0.6 is 15.9 Å². The van der Waals surface area contributed by atoms with Crippen LogP contribution in [0.5, 0.6) is 5.75 Å². The van der Waals surface area contributed by atoms with E-state index in [1.807, 2.05) is 37.3 Å². The Labute approximate surface area is 178 Å². The average molecular weight is 453 g/mol. The second-order valence-electron chi connectivity index (χ2n) is 6.45. The Morgan fingerprint density at radius 1 is 0.897 bits per heavy atom. The minimum atomic E-state index is -0.341. The molecule has 2 N–H and O–H groups in total. The van der Waals surface area contributed by atoms with Gasteiger partial charge in [0, 0.05) is 4.47 Å². The predicted molar refractivity (Wildman–Crippen MR) is 117 cm³/mol. The lowest BCUT2D eigenvalue weighted by Crippen LogP contribution is -2.28. The molecule has 0 aliphatic heterocycles. The van der Waals surface area contributed by atoms with Crippen LogP contribution in [0.4, 0.5) is 5.69 Å². The van der Waals surface area contributed by atoms with Gasteiger partial charge >= 0.3 is 0 Å². The molecule has 0 fully saturated rings. The highest BCUT2D eigenvalue weighted by Gasteiger charge is 2.18. The van der Waals surface area contributed by atoms with E-state index in [9.17, 15) is 9.59 Å². The number of hydrogen-bond acceptors (Lipinski definition) is 3. The monoisotopic (exact) mass is 452 g/mol. The van der Waals surface area contributed by atoms with Crippen LogP contribution in [0.1, 0.15) is 39.2 Å². The van der Waals surface area contributed by atoms with Gasteiger partial charge in [-0.25, -0.2) is 0 Å². The molecule has 3 aromatic rings. The number of ether oxygens (including phenoxy) is 1. The SMILES string of the molecule is COc1ccc(Br)c(C(=O)Nc2ccccc2C(=O)N[C@H](C)c2ccccc2)c1. The number of hydrogen-bond donors (Lipinski definition) is 2. The van der Waals surface area contributed by atoms with Gasteiger partial charge in [-0.2, -0.15) is 0 Å². The van der Waals surface area contributed by atoms with E-state index in [-0.39, 0.29) is 17.9 Å². The number of halogens is 1. The molecule has 0 radical (unpaired) electrons. The van der Waals surface area contributed by atoms with E-state index in [1.165, 1.54) is 0 Å². The summed E-state index contributed by atoms with van der Waals surface area (Å²) in [5, 5.41) is 5.80. The fourth-order valence-corrected chi connectivity index (χ4v) is 3.31. The number of nitrogens with one attached hydrogen (secondary N) is 2. The van der Waals surface area contributed by atoms with Gasteiger partial charge in [-0.3, -0.25) is 9.59 Å². The largest absolute Gasteiger partial charge is 0.497 e. The van der Waals surface area contributed by atoms with Crippen molar-refractivity contribution in [3.63, 3.8) is 0 Å². The van der Waals surface area contributed by atoms with Crippen molar-refractivity contribution >= 4 is 33.4 Å². The number of carbonyl (C=O) groups is 2. The second-order valence-corrected chi connectivity index (χ2v) is 7.31. The fourth-order valence-electron chi connectivity index (χ4n) is 2.88. The summed E-state index contributed by atoms with van der Waals surface area (Å²) in [7, 11) is 1.54. The summed E-state index contributed by atoms with van der Waals surface area (Å²) in [5.74, 6) is -0.0323. The maximum atomic E-state index is 12.8. The van der Waals surface area contributed by atoms with E-state index >= 15 is 0 Å². The average Bonchev–Trinajstić information content (AvgIpc) is 2.75. The summed E-state index contributed by atoms with van der Waals surface area (Å²) in [4.78, 5) is 25.6. The summed E-state index contributed by atoms with van der Waals surface area (Å²) in [5.41, 5.74) is 2.24. The van der Waals surface area contributed by atoms with Crippen LogP contribution in [0.2, 0.25) is 0 Å². The normalized spacial score (nSPS) is 11.4. The van der Waals surface area contributed by atoms with Crippen LogP contribution in [-0.2, 0) is 0 Å². The summed E-state index contributed by atoms with van der Waals surface area (Å²) in [6.45, 7) is 1.92. The van der Waals surface area contributed by atoms with Crippen LogP contribution in [-0.4, -0.2) is 18.9 Å². The van der Waals surface area contributed by atoms with Crippen molar-refractivity contribution < 1.29 is 14.3 Å². The quantitative estimate of drug-likeness (QED) is 0.539. The van der Waals surface area contributed by atoms with Crippen molar-refractivity contribution in [3.05, 3.63) is 94.0 Å². The van der Waals surface area contributed by atoms with E-state index < -0.39 is 0 Å². The molecule has 0 saturated heterocycles. The lowest BCUT2D eigenvalue weighted by molar-refractivity contribution is 0.0941. The highest BCUT2D eigenvalue weighted by Crippen LogP contribution is 2.25. The van der Waals surface area contributed by atoms with Crippen LogP contribution < -0.4 is 15.4 Å². The van der Waals surface area contributed by atoms with Crippen LogP contribution in [0.25, 0.3) is 0 Å². The first-order valence-electron chi connectivity index (χ1n) is 9.09. The molecule has 0 aromatic heterocycles. The number of carbonyl (C=O) groups excluding carboxylic acids is 2. The Bertz CT molecular complexity index is 1020. The lowest BCUT2D eigenvalue weighted by atomic mass is 10.1. The molecule has 3 rings (SSSR count). The number of para-hydroxylation sites is 1. The van der Waals surface area contributed by atoms with Crippen LogP contribution in [0.3, 0.4) is 0 Å². The molecule has 0 unspecified atom stereocenters. The smallest absolute Gasteiger partial charge is 0.256 e. The van der Waals surface area contributed by atoms with Crippen molar-refractivity contribution in [2.24, 2.45) is 0 Å². The molecular weight excluding hydrogens is 432 g/mol. The van der Waals surface area contributed by atoms with E-state index in [0.717, 1.165) is 5.56 Å². The molecule has 0 aliphatic rings. The Morgan fingerprint density at radius 2 is 1.59 bits per heavy atom. The van der Waals surface area contributed by atoms with Crippen molar-refractivity contribution in [2.75, 3.05) is 12.4 Å². The number of benzene rings is 3. The van der Waals surface area contributed by atoms with Crippen molar-refractivity contribution in [1.82, 2.24) is 5.32 Å². The van der Waals surface area contributed by atoms with Gasteiger partial charge in [0.15, 0.2) is 0 Å². The Balaban J connectivity index is 1.80. The molecule has 0 bridgehead atoms.